The predicted molar refractivity (Wildman–Crippen MR) is 115 cm³/mol. The molecule has 0 saturated heterocycles. The SMILES string of the molecule is CC(=O)c1ccc(-c2ccc(C(=O)N[C@H](c3nc4ccccc4[nH]3)C(C)C)o2)cc1. The van der Waals surface area contributed by atoms with Crippen molar-refractivity contribution in [2.24, 2.45) is 5.92 Å². The van der Waals surface area contributed by atoms with Crippen LogP contribution in [-0.2, 0) is 0 Å². The minimum absolute atomic E-state index is 0.00590. The molecule has 0 spiro atoms. The maximum absolute atomic E-state index is 12.8. The van der Waals surface area contributed by atoms with Gasteiger partial charge in [-0.25, -0.2) is 4.98 Å². The predicted octanol–water partition coefficient (Wildman–Crippen LogP) is 5.15. The van der Waals surface area contributed by atoms with Gasteiger partial charge in [-0.05, 0) is 37.1 Å². The second kappa shape index (κ2) is 7.99. The van der Waals surface area contributed by atoms with E-state index < -0.39 is 0 Å². The van der Waals surface area contributed by atoms with Crippen molar-refractivity contribution in [3.05, 3.63) is 77.8 Å². The van der Waals surface area contributed by atoms with Crippen LogP contribution in [0.5, 0.6) is 0 Å². The molecule has 0 radical (unpaired) electrons. The molecule has 1 amide bonds. The molecule has 0 aliphatic carbocycles. The molecule has 6 nitrogen and oxygen atoms in total. The Kier molecular flexibility index (Phi) is 5.23. The van der Waals surface area contributed by atoms with Crippen molar-refractivity contribution in [2.45, 2.75) is 26.8 Å². The highest BCUT2D eigenvalue weighted by Gasteiger charge is 2.24. The van der Waals surface area contributed by atoms with Crippen LogP contribution in [0.25, 0.3) is 22.4 Å². The summed E-state index contributed by atoms with van der Waals surface area (Å²) < 4.78 is 5.78. The Morgan fingerprint density at radius 2 is 1.73 bits per heavy atom. The molecule has 0 fully saturated rings. The average Bonchev–Trinajstić information content (AvgIpc) is 3.39. The van der Waals surface area contributed by atoms with Gasteiger partial charge >= 0.3 is 0 Å². The van der Waals surface area contributed by atoms with Gasteiger partial charge in [0.05, 0.1) is 17.1 Å². The number of carbonyl (C=O) groups is 2. The van der Waals surface area contributed by atoms with Crippen LogP contribution in [-0.4, -0.2) is 21.7 Å². The zero-order valence-electron chi connectivity index (χ0n) is 17.1. The van der Waals surface area contributed by atoms with Crippen LogP contribution in [0.2, 0.25) is 0 Å². The highest BCUT2D eigenvalue weighted by atomic mass is 16.3. The van der Waals surface area contributed by atoms with Crippen molar-refractivity contribution in [1.29, 1.82) is 0 Å². The lowest BCUT2D eigenvalue weighted by molar-refractivity contribution is 0.0895. The lowest BCUT2D eigenvalue weighted by Gasteiger charge is -2.19. The number of nitrogens with one attached hydrogen (secondary N) is 2. The topological polar surface area (TPSA) is 88.0 Å². The molecule has 2 aromatic heterocycles. The van der Waals surface area contributed by atoms with E-state index in [2.05, 4.69) is 15.3 Å². The Hall–Kier alpha value is -3.67. The van der Waals surface area contributed by atoms with E-state index >= 15 is 0 Å². The van der Waals surface area contributed by atoms with Crippen molar-refractivity contribution < 1.29 is 14.0 Å². The van der Waals surface area contributed by atoms with E-state index in [9.17, 15) is 9.59 Å². The molecule has 0 aliphatic rings. The molecule has 4 rings (SSSR count). The maximum Gasteiger partial charge on any atom is 0.287 e. The summed E-state index contributed by atoms with van der Waals surface area (Å²) in [4.78, 5) is 32.2. The van der Waals surface area contributed by atoms with Crippen molar-refractivity contribution in [1.82, 2.24) is 15.3 Å². The number of benzene rings is 2. The molecule has 0 bridgehead atoms. The molecule has 30 heavy (non-hydrogen) atoms. The van der Waals surface area contributed by atoms with Crippen LogP contribution in [0.4, 0.5) is 0 Å². The van der Waals surface area contributed by atoms with Gasteiger partial charge in [0.2, 0.25) is 0 Å². The summed E-state index contributed by atoms with van der Waals surface area (Å²) in [5.41, 5.74) is 3.23. The summed E-state index contributed by atoms with van der Waals surface area (Å²) >= 11 is 0. The van der Waals surface area contributed by atoms with E-state index in [0.29, 0.717) is 17.1 Å². The number of furan rings is 1. The number of nitrogens with zero attached hydrogens (tertiary/aromatic N) is 1. The highest BCUT2D eigenvalue weighted by Crippen LogP contribution is 2.25. The van der Waals surface area contributed by atoms with Crippen LogP contribution in [0.3, 0.4) is 0 Å². The number of hydrogen-bond acceptors (Lipinski definition) is 4. The van der Waals surface area contributed by atoms with Crippen LogP contribution in [0, 0.1) is 5.92 Å². The van der Waals surface area contributed by atoms with E-state index in [4.69, 9.17) is 4.42 Å². The van der Waals surface area contributed by atoms with Crippen LogP contribution < -0.4 is 5.32 Å². The van der Waals surface area contributed by atoms with Crippen molar-refractivity contribution in [2.75, 3.05) is 0 Å². The first-order chi connectivity index (χ1) is 14.4. The van der Waals surface area contributed by atoms with Gasteiger partial charge in [0, 0.05) is 11.1 Å². The molecule has 2 N–H and O–H groups in total. The molecule has 0 saturated carbocycles. The van der Waals surface area contributed by atoms with Gasteiger partial charge in [0.15, 0.2) is 11.5 Å². The summed E-state index contributed by atoms with van der Waals surface area (Å²) in [6, 6.07) is 18.0. The fourth-order valence-electron chi connectivity index (χ4n) is 3.37. The number of imidazole rings is 1. The number of amides is 1. The number of ketones is 1. The number of hydrogen-bond donors (Lipinski definition) is 2. The van der Waals surface area contributed by atoms with Crippen LogP contribution in [0.1, 0.15) is 53.6 Å². The number of aromatic amines is 1. The molecular formula is C24H23N3O3. The third-order valence-electron chi connectivity index (χ3n) is 5.06. The van der Waals surface area contributed by atoms with Gasteiger partial charge in [-0.15, -0.1) is 0 Å². The van der Waals surface area contributed by atoms with Gasteiger partial charge in [-0.3, -0.25) is 9.59 Å². The third kappa shape index (κ3) is 3.89. The highest BCUT2D eigenvalue weighted by molar-refractivity contribution is 5.94. The first-order valence-electron chi connectivity index (χ1n) is 9.89. The zero-order valence-corrected chi connectivity index (χ0v) is 17.1. The van der Waals surface area contributed by atoms with E-state index in [0.717, 1.165) is 16.6 Å². The molecule has 6 heteroatoms. The number of aromatic nitrogens is 2. The number of rotatable bonds is 6. The molecule has 4 aromatic rings. The summed E-state index contributed by atoms with van der Waals surface area (Å²) in [7, 11) is 0. The van der Waals surface area contributed by atoms with Gasteiger partial charge in [-0.1, -0.05) is 50.2 Å². The number of Topliss-reactive ketones (excluding diaryl/α,β-unsaturated/α-hetero) is 1. The lowest BCUT2D eigenvalue weighted by atomic mass is 10.0. The number of H-pyrrole nitrogens is 1. The molecule has 1 atom stereocenters. The summed E-state index contributed by atoms with van der Waals surface area (Å²) in [6.07, 6.45) is 0. The fraction of sp³-hybridized carbons (Fsp3) is 0.208. The molecule has 152 valence electrons. The van der Waals surface area contributed by atoms with Gasteiger partial charge in [-0.2, -0.15) is 0 Å². The Bertz CT molecular complexity index is 1170. The van der Waals surface area contributed by atoms with E-state index in [1.807, 2.05) is 50.2 Å². The van der Waals surface area contributed by atoms with Gasteiger partial charge in [0.1, 0.15) is 11.6 Å². The lowest BCUT2D eigenvalue weighted by Crippen LogP contribution is -2.32. The summed E-state index contributed by atoms with van der Waals surface area (Å²) in [5.74, 6) is 1.34. The number of fused-ring (bicyclic) bond motifs is 1. The fourth-order valence-corrected chi connectivity index (χ4v) is 3.37. The Labute approximate surface area is 174 Å². The quantitative estimate of drug-likeness (QED) is 0.437. The van der Waals surface area contributed by atoms with Crippen LogP contribution in [0.15, 0.2) is 65.1 Å². The monoisotopic (exact) mass is 401 g/mol. The largest absolute Gasteiger partial charge is 0.451 e. The number of para-hydroxylation sites is 2. The van der Waals surface area contributed by atoms with Crippen molar-refractivity contribution in [3.63, 3.8) is 0 Å². The number of carbonyl (C=O) groups excluding carboxylic acids is 2. The Balaban J connectivity index is 1.54. The van der Waals surface area contributed by atoms with Crippen LogP contribution >= 0.6 is 0 Å². The minimum Gasteiger partial charge on any atom is -0.451 e. The normalized spacial score (nSPS) is 12.3. The molecule has 0 unspecified atom stereocenters. The first kappa shape index (κ1) is 19.6. The smallest absolute Gasteiger partial charge is 0.287 e. The summed E-state index contributed by atoms with van der Waals surface area (Å²) in [5, 5.41) is 3.03. The first-order valence-corrected chi connectivity index (χ1v) is 9.89. The maximum atomic E-state index is 12.8. The van der Waals surface area contributed by atoms with E-state index in [1.54, 1.807) is 24.3 Å². The average molecular weight is 401 g/mol. The Morgan fingerprint density at radius 3 is 2.40 bits per heavy atom. The zero-order chi connectivity index (χ0) is 21.3. The van der Waals surface area contributed by atoms with E-state index in [-0.39, 0.29) is 29.4 Å². The second-order valence-corrected chi connectivity index (χ2v) is 7.63. The minimum atomic E-state index is -0.305. The standard InChI is InChI=1S/C24H23N3O3/c1-14(2)22(23-25-18-6-4-5-7-19(18)26-23)27-24(29)21-13-12-20(30-21)17-10-8-16(9-11-17)15(3)28/h4-14,22H,1-3H3,(H,25,26)(H,27,29)/t22-/m0/s1. The molecule has 2 heterocycles. The molecular weight excluding hydrogens is 378 g/mol. The molecule has 2 aromatic carbocycles. The van der Waals surface area contributed by atoms with Gasteiger partial charge in [0.25, 0.3) is 5.91 Å². The summed E-state index contributed by atoms with van der Waals surface area (Å²) in [6.45, 7) is 5.59. The van der Waals surface area contributed by atoms with E-state index in [1.165, 1.54) is 6.92 Å². The van der Waals surface area contributed by atoms with Gasteiger partial charge < -0.3 is 14.7 Å². The van der Waals surface area contributed by atoms with Crippen molar-refractivity contribution >= 4 is 22.7 Å². The van der Waals surface area contributed by atoms with Crippen molar-refractivity contribution in [3.8, 4) is 11.3 Å². The third-order valence-corrected chi connectivity index (χ3v) is 5.06. The Morgan fingerprint density at radius 1 is 1.00 bits per heavy atom. The molecule has 0 aliphatic heterocycles. The second-order valence-electron chi connectivity index (χ2n) is 7.63.